The van der Waals surface area contributed by atoms with E-state index in [4.69, 9.17) is 15.7 Å². The van der Waals surface area contributed by atoms with Crippen LogP contribution in [0.1, 0.15) is 54.2 Å². The van der Waals surface area contributed by atoms with E-state index in [1.54, 1.807) is 6.07 Å². The van der Waals surface area contributed by atoms with Crippen LogP contribution in [0, 0.1) is 23.1 Å². The van der Waals surface area contributed by atoms with Gasteiger partial charge in [-0.2, -0.15) is 5.26 Å². The number of halogens is 1. The van der Waals surface area contributed by atoms with Gasteiger partial charge in [-0.3, -0.25) is 4.79 Å². The maximum absolute atomic E-state index is 14.9. The van der Waals surface area contributed by atoms with E-state index in [1.807, 2.05) is 13.0 Å². The molecule has 2 aromatic rings. The molecule has 7 nitrogen and oxygen atoms in total. The minimum Gasteiger partial charge on any atom is -0.462 e. The lowest BCUT2D eigenvalue weighted by atomic mass is 9.70. The summed E-state index contributed by atoms with van der Waals surface area (Å²) in [4.78, 5) is 21.0. The van der Waals surface area contributed by atoms with Crippen LogP contribution in [0.2, 0.25) is 0 Å². The number of fused-ring (bicyclic) bond motifs is 1. The summed E-state index contributed by atoms with van der Waals surface area (Å²) in [7, 11) is 0. The molecule has 154 valence electrons. The van der Waals surface area contributed by atoms with Gasteiger partial charge in [-0.25, -0.2) is 14.4 Å². The zero-order chi connectivity index (χ0) is 21.3. The number of hydrogen-bond donors (Lipinski definition) is 2. The molecule has 0 radical (unpaired) electrons. The van der Waals surface area contributed by atoms with Gasteiger partial charge in [0.2, 0.25) is 0 Å². The molecule has 1 fully saturated rings. The third-order valence-electron chi connectivity index (χ3n) is 5.93. The third-order valence-corrected chi connectivity index (χ3v) is 5.93. The normalized spacial score (nSPS) is 25.3. The van der Waals surface area contributed by atoms with Gasteiger partial charge < -0.3 is 15.8 Å². The van der Waals surface area contributed by atoms with E-state index in [9.17, 15) is 9.18 Å². The first-order valence-electron chi connectivity index (χ1n) is 9.90. The van der Waals surface area contributed by atoms with Gasteiger partial charge in [-0.1, -0.05) is 6.42 Å². The lowest BCUT2D eigenvalue weighted by Gasteiger charge is -2.45. The van der Waals surface area contributed by atoms with Crippen molar-refractivity contribution >= 4 is 17.6 Å². The van der Waals surface area contributed by atoms with Gasteiger partial charge in [0.05, 0.1) is 11.1 Å². The SMILES string of the molecule is C[C@]1(c2cc(NC(=O)c3ccc(C#N)cn3)ccc2F)N=C(N)OC2CCCCC21. The molecule has 2 heterocycles. The van der Waals surface area contributed by atoms with Crippen molar-refractivity contribution in [2.24, 2.45) is 16.6 Å². The molecular formula is C22H22FN5O2. The van der Waals surface area contributed by atoms with Crippen molar-refractivity contribution in [2.75, 3.05) is 5.32 Å². The topological polar surface area (TPSA) is 113 Å². The molecule has 1 aromatic heterocycles. The van der Waals surface area contributed by atoms with Gasteiger partial charge in [0.25, 0.3) is 11.9 Å². The Kier molecular flexibility index (Phi) is 5.12. The Labute approximate surface area is 173 Å². The van der Waals surface area contributed by atoms with Crippen LogP contribution in [0.3, 0.4) is 0 Å². The Morgan fingerprint density at radius 1 is 1.33 bits per heavy atom. The number of pyridine rings is 1. The molecule has 0 spiro atoms. The number of benzene rings is 1. The average Bonchev–Trinajstić information content (AvgIpc) is 2.75. The van der Waals surface area contributed by atoms with Crippen LogP contribution < -0.4 is 11.1 Å². The number of rotatable bonds is 3. The summed E-state index contributed by atoms with van der Waals surface area (Å²) >= 11 is 0. The minimum absolute atomic E-state index is 0.000746. The third kappa shape index (κ3) is 3.59. The predicted octanol–water partition coefficient (Wildman–Crippen LogP) is 3.46. The molecule has 0 saturated heterocycles. The number of carbonyl (C=O) groups is 1. The van der Waals surface area contributed by atoms with Crippen LogP contribution in [0.5, 0.6) is 0 Å². The van der Waals surface area contributed by atoms with Gasteiger partial charge in [0.15, 0.2) is 0 Å². The van der Waals surface area contributed by atoms with Crippen LogP contribution >= 0.6 is 0 Å². The highest BCUT2D eigenvalue weighted by molar-refractivity contribution is 6.02. The second-order valence-electron chi connectivity index (χ2n) is 7.84. The van der Waals surface area contributed by atoms with E-state index in [2.05, 4.69) is 15.3 Å². The Balaban J connectivity index is 1.65. The van der Waals surface area contributed by atoms with Crippen molar-refractivity contribution in [1.29, 1.82) is 5.26 Å². The van der Waals surface area contributed by atoms with E-state index in [0.29, 0.717) is 16.8 Å². The maximum Gasteiger partial charge on any atom is 0.283 e. The number of ether oxygens (including phenoxy) is 1. The molecule has 0 bridgehead atoms. The van der Waals surface area contributed by atoms with E-state index >= 15 is 0 Å². The van der Waals surface area contributed by atoms with E-state index in [1.165, 1.54) is 30.5 Å². The molecule has 2 unspecified atom stereocenters. The largest absolute Gasteiger partial charge is 0.462 e. The highest BCUT2D eigenvalue weighted by Gasteiger charge is 2.47. The van der Waals surface area contributed by atoms with Gasteiger partial charge in [-0.05, 0) is 56.5 Å². The standard InChI is InChI=1S/C22H22FN5O2/c1-22(15-4-2-3-5-19(15)30-21(25)28-22)16-10-14(7-8-17(16)23)27-20(29)18-9-6-13(11-24)12-26-18/h6-10,12,15,19H,2-5H2,1H3,(H2,25,28)(H,27,29)/t15?,19?,22-/m0/s1. The molecule has 30 heavy (non-hydrogen) atoms. The summed E-state index contributed by atoms with van der Waals surface area (Å²) < 4.78 is 20.6. The summed E-state index contributed by atoms with van der Waals surface area (Å²) in [6.07, 6.45) is 5.02. The fourth-order valence-electron chi connectivity index (χ4n) is 4.41. The van der Waals surface area contributed by atoms with Gasteiger partial charge in [0.1, 0.15) is 23.7 Å². The fourth-order valence-corrected chi connectivity index (χ4v) is 4.41. The number of nitriles is 1. The molecule has 1 aliphatic carbocycles. The van der Waals surface area contributed by atoms with Crippen molar-refractivity contribution in [2.45, 2.75) is 44.2 Å². The molecule has 3 N–H and O–H groups in total. The number of amidine groups is 1. The highest BCUT2D eigenvalue weighted by Crippen LogP contribution is 2.46. The number of carbonyl (C=O) groups excluding carboxylic acids is 1. The fraction of sp³-hybridized carbons (Fsp3) is 0.364. The first-order valence-corrected chi connectivity index (χ1v) is 9.90. The second kappa shape index (κ2) is 7.75. The van der Waals surface area contributed by atoms with Crippen molar-refractivity contribution < 1.29 is 13.9 Å². The molecule has 8 heteroatoms. The summed E-state index contributed by atoms with van der Waals surface area (Å²) in [5.74, 6) is -0.860. The van der Waals surface area contributed by atoms with E-state index in [-0.39, 0.29) is 23.7 Å². The molecule has 3 atom stereocenters. The summed E-state index contributed by atoms with van der Waals surface area (Å²) in [6, 6.07) is 9.42. The molecule has 1 saturated carbocycles. The quantitative estimate of drug-likeness (QED) is 0.809. The minimum atomic E-state index is -0.884. The second-order valence-corrected chi connectivity index (χ2v) is 7.84. The summed E-state index contributed by atoms with van der Waals surface area (Å²) in [5.41, 5.74) is 6.36. The van der Waals surface area contributed by atoms with Crippen molar-refractivity contribution in [3.8, 4) is 6.07 Å². The van der Waals surface area contributed by atoms with Gasteiger partial charge in [0, 0.05) is 23.4 Å². The number of amides is 1. The number of aliphatic imine (C=N–C) groups is 1. The number of aromatic nitrogens is 1. The summed E-state index contributed by atoms with van der Waals surface area (Å²) in [6.45, 7) is 1.87. The average molecular weight is 407 g/mol. The van der Waals surface area contributed by atoms with Crippen LogP contribution in [0.25, 0.3) is 0 Å². The molecule has 1 amide bonds. The molecule has 2 aliphatic rings. The Bertz CT molecular complexity index is 1050. The van der Waals surface area contributed by atoms with Gasteiger partial charge >= 0.3 is 0 Å². The smallest absolute Gasteiger partial charge is 0.283 e. The Hall–Kier alpha value is -3.47. The molecular weight excluding hydrogens is 385 g/mol. The first kappa shape index (κ1) is 19.8. The predicted molar refractivity (Wildman–Crippen MR) is 109 cm³/mol. The first-order chi connectivity index (χ1) is 14.4. The van der Waals surface area contributed by atoms with Crippen LogP contribution in [0.4, 0.5) is 10.1 Å². The number of hydrogen-bond acceptors (Lipinski definition) is 6. The molecule has 4 rings (SSSR count). The van der Waals surface area contributed by atoms with E-state index in [0.717, 1.165) is 25.7 Å². The maximum atomic E-state index is 14.9. The monoisotopic (exact) mass is 407 g/mol. The van der Waals surface area contributed by atoms with Crippen LogP contribution in [-0.2, 0) is 10.3 Å². The van der Waals surface area contributed by atoms with Crippen molar-refractivity contribution in [1.82, 2.24) is 4.98 Å². The Morgan fingerprint density at radius 2 is 2.13 bits per heavy atom. The number of nitrogens with two attached hydrogens (primary N) is 1. The summed E-state index contributed by atoms with van der Waals surface area (Å²) in [5, 5.41) is 11.6. The number of nitrogens with zero attached hydrogens (tertiary/aromatic N) is 3. The van der Waals surface area contributed by atoms with Gasteiger partial charge in [-0.15, -0.1) is 0 Å². The Morgan fingerprint density at radius 3 is 2.87 bits per heavy atom. The molecule has 1 aromatic carbocycles. The van der Waals surface area contributed by atoms with Crippen molar-refractivity contribution in [3.05, 3.63) is 59.2 Å². The lowest BCUT2D eigenvalue weighted by Crippen LogP contribution is -2.49. The lowest BCUT2D eigenvalue weighted by molar-refractivity contribution is 0.0147. The van der Waals surface area contributed by atoms with Crippen molar-refractivity contribution in [3.63, 3.8) is 0 Å². The van der Waals surface area contributed by atoms with Crippen LogP contribution in [-0.4, -0.2) is 23.0 Å². The van der Waals surface area contributed by atoms with Crippen LogP contribution in [0.15, 0.2) is 41.5 Å². The zero-order valence-corrected chi connectivity index (χ0v) is 16.6. The number of anilines is 1. The van der Waals surface area contributed by atoms with E-state index < -0.39 is 17.3 Å². The number of nitrogens with one attached hydrogen (secondary N) is 1. The highest BCUT2D eigenvalue weighted by atomic mass is 19.1. The zero-order valence-electron chi connectivity index (χ0n) is 16.6. The molecule has 1 aliphatic heterocycles.